The van der Waals surface area contributed by atoms with Crippen molar-refractivity contribution in [2.24, 2.45) is 0 Å². The molecule has 0 aliphatic carbocycles. The van der Waals surface area contributed by atoms with Crippen molar-refractivity contribution in [1.29, 1.82) is 0 Å². The molecule has 1 aromatic heterocycles. The minimum absolute atomic E-state index is 0.0902. The van der Waals surface area contributed by atoms with Crippen molar-refractivity contribution in [2.75, 3.05) is 6.61 Å². The summed E-state index contributed by atoms with van der Waals surface area (Å²) in [6.45, 7) is 7.61. The Labute approximate surface area is 199 Å². The predicted molar refractivity (Wildman–Crippen MR) is 133 cm³/mol. The van der Waals surface area contributed by atoms with Gasteiger partial charge in [0.2, 0.25) is 0 Å². The zero-order valence-electron chi connectivity index (χ0n) is 19.2. The number of para-hydroxylation sites is 2. The monoisotopic (exact) mass is 461 g/mol. The van der Waals surface area contributed by atoms with Gasteiger partial charge in [-0.1, -0.05) is 41.4 Å². The topological polar surface area (TPSA) is 56.2 Å². The van der Waals surface area contributed by atoms with Crippen LogP contribution in [0.25, 0.3) is 11.0 Å². The van der Waals surface area contributed by atoms with Crippen LogP contribution in [-0.4, -0.2) is 22.1 Å². The number of halogens is 1. The highest BCUT2D eigenvalue weighted by molar-refractivity contribution is 6.31. The van der Waals surface area contributed by atoms with E-state index in [1.165, 1.54) is 0 Å². The molecule has 0 spiro atoms. The van der Waals surface area contributed by atoms with Crippen molar-refractivity contribution in [3.63, 3.8) is 0 Å². The molecule has 0 radical (unpaired) electrons. The summed E-state index contributed by atoms with van der Waals surface area (Å²) in [6, 6.07) is 19.6. The number of benzene rings is 3. The molecular formula is C27H28ClN3O2. The Morgan fingerprint density at radius 1 is 1.03 bits per heavy atom. The maximum Gasteiger partial charge on any atom is 0.251 e. The van der Waals surface area contributed by atoms with Gasteiger partial charge < -0.3 is 14.6 Å². The molecule has 0 unspecified atom stereocenters. The second-order valence-electron chi connectivity index (χ2n) is 8.28. The molecule has 0 aliphatic rings. The summed E-state index contributed by atoms with van der Waals surface area (Å²) in [7, 11) is 0. The molecule has 1 N–H and O–H groups in total. The Kier molecular flexibility index (Phi) is 6.99. The molecule has 0 atom stereocenters. The number of imidazole rings is 1. The second-order valence-corrected chi connectivity index (χ2v) is 8.69. The van der Waals surface area contributed by atoms with Gasteiger partial charge in [-0.3, -0.25) is 4.79 Å². The highest BCUT2D eigenvalue weighted by atomic mass is 35.5. The lowest BCUT2D eigenvalue weighted by Gasteiger charge is -2.12. The molecule has 0 bridgehead atoms. The molecule has 0 aliphatic heterocycles. The molecule has 170 valence electrons. The number of aromatic nitrogens is 2. The standard InChI is InChI=1S/C27H28ClN3O2/c1-18-9-11-22(19(2)15-18)27(32)29-17-26-30-24-7-4-5-8-25(24)31(26)13-6-14-33-21-10-12-23(28)20(3)16-21/h4-5,7-12,15-16H,6,13-14,17H2,1-3H3,(H,29,32). The first kappa shape index (κ1) is 22.9. The number of amides is 1. The molecule has 4 aromatic rings. The highest BCUT2D eigenvalue weighted by Crippen LogP contribution is 2.22. The van der Waals surface area contributed by atoms with E-state index in [4.69, 9.17) is 21.3 Å². The summed E-state index contributed by atoms with van der Waals surface area (Å²) in [4.78, 5) is 17.5. The number of nitrogens with zero attached hydrogens (tertiary/aromatic N) is 2. The summed E-state index contributed by atoms with van der Waals surface area (Å²) in [6.07, 6.45) is 0.806. The summed E-state index contributed by atoms with van der Waals surface area (Å²) in [5.74, 6) is 1.55. The summed E-state index contributed by atoms with van der Waals surface area (Å²) >= 11 is 6.09. The van der Waals surface area contributed by atoms with E-state index in [9.17, 15) is 4.79 Å². The molecular weight excluding hydrogens is 434 g/mol. The van der Waals surface area contributed by atoms with Gasteiger partial charge in [0.25, 0.3) is 5.91 Å². The Morgan fingerprint density at radius 3 is 2.64 bits per heavy atom. The minimum Gasteiger partial charge on any atom is -0.494 e. The number of rotatable bonds is 8. The summed E-state index contributed by atoms with van der Waals surface area (Å²) in [5.41, 5.74) is 5.77. The lowest BCUT2D eigenvalue weighted by Crippen LogP contribution is -2.25. The number of hydrogen-bond donors (Lipinski definition) is 1. The minimum atomic E-state index is -0.0902. The number of carbonyl (C=O) groups is 1. The second kappa shape index (κ2) is 10.1. The Morgan fingerprint density at radius 2 is 1.85 bits per heavy atom. The molecule has 5 nitrogen and oxygen atoms in total. The van der Waals surface area contributed by atoms with Crippen LogP contribution in [0.1, 0.15) is 39.3 Å². The third kappa shape index (κ3) is 5.37. The van der Waals surface area contributed by atoms with Gasteiger partial charge in [0.15, 0.2) is 0 Å². The maximum atomic E-state index is 12.8. The normalized spacial score (nSPS) is 11.0. The van der Waals surface area contributed by atoms with Gasteiger partial charge in [-0.25, -0.2) is 4.98 Å². The van der Waals surface area contributed by atoms with Gasteiger partial charge in [0.05, 0.1) is 24.2 Å². The van der Waals surface area contributed by atoms with E-state index in [0.29, 0.717) is 18.7 Å². The van der Waals surface area contributed by atoms with Gasteiger partial charge in [-0.05, 0) is 74.7 Å². The Bertz CT molecular complexity index is 1300. The van der Waals surface area contributed by atoms with Crippen LogP contribution in [0, 0.1) is 20.8 Å². The number of hydrogen-bond acceptors (Lipinski definition) is 3. The molecule has 33 heavy (non-hydrogen) atoms. The first-order chi connectivity index (χ1) is 15.9. The number of fused-ring (bicyclic) bond motifs is 1. The van der Waals surface area contributed by atoms with Gasteiger partial charge in [-0.2, -0.15) is 0 Å². The molecule has 0 saturated carbocycles. The zero-order chi connectivity index (χ0) is 23.4. The quantitative estimate of drug-likeness (QED) is 0.327. The van der Waals surface area contributed by atoms with E-state index < -0.39 is 0 Å². The van der Waals surface area contributed by atoms with Crippen LogP contribution < -0.4 is 10.1 Å². The summed E-state index contributed by atoms with van der Waals surface area (Å²) < 4.78 is 8.07. The molecule has 1 amide bonds. The maximum absolute atomic E-state index is 12.8. The van der Waals surface area contributed by atoms with Gasteiger partial charge in [0.1, 0.15) is 11.6 Å². The van der Waals surface area contributed by atoms with Crippen molar-refractivity contribution < 1.29 is 9.53 Å². The van der Waals surface area contributed by atoms with Crippen molar-refractivity contribution >= 4 is 28.5 Å². The van der Waals surface area contributed by atoms with Crippen LogP contribution in [0.4, 0.5) is 0 Å². The van der Waals surface area contributed by atoms with Gasteiger partial charge >= 0.3 is 0 Å². The average molecular weight is 462 g/mol. The first-order valence-corrected chi connectivity index (χ1v) is 11.5. The van der Waals surface area contributed by atoms with Crippen molar-refractivity contribution in [3.8, 4) is 5.75 Å². The van der Waals surface area contributed by atoms with Crippen LogP contribution in [0.15, 0.2) is 60.7 Å². The van der Waals surface area contributed by atoms with Crippen molar-refractivity contribution in [3.05, 3.63) is 93.8 Å². The molecule has 3 aromatic carbocycles. The number of nitrogens with one attached hydrogen (secondary N) is 1. The predicted octanol–water partition coefficient (Wildman–Crippen LogP) is 6.01. The number of ether oxygens (including phenoxy) is 1. The first-order valence-electron chi connectivity index (χ1n) is 11.1. The highest BCUT2D eigenvalue weighted by Gasteiger charge is 2.14. The number of carbonyl (C=O) groups excluding carboxylic acids is 1. The Balaban J connectivity index is 1.43. The third-order valence-electron chi connectivity index (χ3n) is 5.69. The van der Waals surface area contributed by atoms with E-state index in [1.807, 2.05) is 75.4 Å². The van der Waals surface area contributed by atoms with Crippen LogP contribution in [-0.2, 0) is 13.1 Å². The lowest BCUT2D eigenvalue weighted by molar-refractivity contribution is 0.0949. The van der Waals surface area contributed by atoms with Crippen LogP contribution in [0.2, 0.25) is 5.02 Å². The van der Waals surface area contributed by atoms with E-state index in [0.717, 1.165) is 57.3 Å². The Hall–Kier alpha value is -3.31. The molecule has 4 rings (SSSR count). The zero-order valence-corrected chi connectivity index (χ0v) is 19.9. The van der Waals surface area contributed by atoms with Crippen LogP contribution >= 0.6 is 11.6 Å². The van der Waals surface area contributed by atoms with E-state index in [2.05, 4.69) is 16.0 Å². The van der Waals surface area contributed by atoms with Crippen molar-refractivity contribution in [1.82, 2.24) is 14.9 Å². The third-order valence-corrected chi connectivity index (χ3v) is 6.12. The van der Waals surface area contributed by atoms with Gasteiger partial charge in [-0.15, -0.1) is 0 Å². The van der Waals surface area contributed by atoms with Crippen LogP contribution in [0.3, 0.4) is 0 Å². The molecule has 0 saturated heterocycles. The largest absolute Gasteiger partial charge is 0.494 e. The lowest BCUT2D eigenvalue weighted by atomic mass is 10.1. The molecule has 1 heterocycles. The fourth-order valence-electron chi connectivity index (χ4n) is 3.95. The molecule has 6 heteroatoms. The fraction of sp³-hybridized carbons (Fsp3) is 0.259. The SMILES string of the molecule is Cc1ccc(C(=O)NCc2nc3ccccc3n2CCCOc2ccc(Cl)c(C)c2)c(C)c1. The van der Waals surface area contributed by atoms with E-state index in [-0.39, 0.29) is 5.91 Å². The van der Waals surface area contributed by atoms with E-state index >= 15 is 0 Å². The molecule has 0 fully saturated rings. The average Bonchev–Trinajstić information content (AvgIpc) is 3.15. The van der Waals surface area contributed by atoms with Crippen molar-refractivity contribution in [2.45, 2.75) is 40.3 Å². The van der Waals surface area contributed by atoms with Gasteiger partial charge in [0, 0.05) is 17.1 Å². The summed E-state index contributed by atoms with van der Waals surface area (Å²) in [5, 5.41) is 3.77. The smallest absolute Gasteiger partial charge is 0.251 e. The van der Waals surface area contributed by atoms with E-state index in [1.54, 1.807) is 0 Å². The fourth-order valence-corrected chi connectivity index (χ4v) is 4.07. The number of aryl methyl sites for hydroxylation is 4. The van der Waals surface area contributed by atoms with Crippen LogP contribution in [0.5, 0.6) is 5.75 Å².